The van der Waals surface area contributed by atoms with Gasteiger partial charge in [0.1, 0.15) is 22.9 Å². The second-order valence-corrected chi connectivity index (χ2v) is 8.19. The lowest BCUT2D eigenvalue weighted by molar-refractivity contribution is -0.118. The van der Waals surface area contributed by atoms with Crippen molar-refractivity contribution in [2.24, 2.45) is 11.5 Å². The van der Waals surface area contributed by atoms with Crippen molar-refractivity contribution in [1.82, 2.24) is 4.57 Å². The van der Waals surface area contributed by atoms with Crippen LogP contribution in [0, 0.1) is 17.1 Å². The highest BCUT2D eigenvalue weighted by molar-refractivity contribution is 7.81. The summed E-state index contributed by atoms with van der Waals surface area (Å²) >= 11 is 5.18. The Balaban J connectivity index is 1.83. The second-order valence-electron chi connectivity index (χ2n) is 7.75. The van der Waals surface area contributed by atoms with Crippen LogP contribution in [0.15, 0.2) is 77.4 Å². The van der Waals surface area contributed by atoms with Gasteiger partial charge in [-0.1, -0.05) is 30.4 Å². The van der Waals surface area contributed by atoms with Crippen LogP contribution in [0.1, 0.15) is 18.1 Å². The number of carbonyl (C=O) groups excluding carboxylic acids is 1. The Morgan fingerprint density at radius 3 is 2.51 bits per heavy atom. The number of allylic oxidation sites excluding steroid dienone is 1. The maximum absolute atomic E-state index is 14.7. The van der Waals surface area contributed by atoms with Gasteiger partial charge in [-0.3, -0.25) is 14.2 Å². The first-order valence-electron chi connectivity index (χ1n) is 10.5. The Kier molecular flexibility index (Phi) is 7.96. The maximum Gasteiger partial charge on any atom is 0.255 e. The van der Waals surface area contributed by atoms with Crippen molar-refractivity contribution in [2.45, 2.75) is 19.4 Å². The minimum atomic E-state index is -0.950. The van der Waals surface area contributed by atoms with E-state index in [1.54, 1.807) is 49.5 Å². The SMILES string of the molecule is CC(N)=CC(=S)Nc1cc(NC(Cc2ccc(-n3ccccc3=O)cc2)C(N)=O)c(F)cc1C#N. The predicted octanol–water partition coefficient (Wildman–Crippen LogP) is 2.96. The molecule has 0 aliphatic rings. The lowest BCUT2D eigenvalue weighted by atomic mass is 10.0. The second kappa shape index (κ2) is 11.1. The van der Waals surface area contributed by atoms with Crippen LogP contribution < -0.4 is 27.7 Å². The van der Waals surface area contributed by atoms with E-state index >= 15 is 0 Å². The molecule has 0 bridgehead atoms. The molecule has 6 N–H and O–H groups in total. The quantitative estimate of drug-likeness (QED) is 0.281. The van der Waals surface area contributed by atoms with E-state index in [2.05, 4.69) is 10.6 Å². The maximum atomic E-state index is 14.7. The molecule has 0 saturated heterocycles. The molecular formula is C25H23FN6O2S. The highest BCUT2D eigenvalue weighted by Crippen LogP contribution is 2.26. The van der Waals surface area contributed by atoms with Crippen LogP contribution in [0.25, 0.3) is 5.69 Å². The summed E-state index contributed by atoms with van der Waals surface area (Å²) < 4.78 is 16.2. The molecule has 0 radical (unpaired) electrons. The fourth-order valence-corrected chi connectivity index (χ4v) is 3.63. The van der Waals surface area contributed by atoms with Crippen molar-refractivity contribution >= 4 is 34.5 Å². The number of primary amides is 1. The molecule has 8 nitrogen and oxygen atoms in total. The van der Waals surface area contributed by atoms with E-state index in [-0.39, 0.29) is 33.9 Å². The number of benzene rings is 2. The van der Waals surface area contributed by atoms with E-state index < -0.39 is 17.8 Å². The number of rotatable bonds is 8. The average Bonchev–Trinajstić information content (AvgIpc) is 2.80. The van der Waals surface area contributed by atoms with E-state index in [0.29, 0.717) is 11.4 Å². The molecule has 1 atom stereocenters. The number of hydrogen-bond acceptors (Lipinski definition) is 6. The number of aromatic nitrogens is 1. The zero-order valence-electron chi connectivity index (χ0n) is 18.8. The lowest BCUT2D eigenvalue weighted by Crippen LogP contribution is -2.37. The largest absolute Gasteiger partial charge is 0.402 e. The molecule has 1 amide bonds. The van der Waals surface area contributed by atoms with Crippen LogP contribution in [-0.4, -0.2) is 21.5 Å². The zero-order valence-corrected chi connectivity index (χ0v) is 19.6. The molecule has 0 spiro atoms. The van der Waals surface area contributed by atoms with Crippen LogP contribution in [0.4, 0.5) is 15.8 Å². The molecular weight excluding hydrogens is 467 g/mol. The Morgan fingerprint density at radius 1 is 1.20 bits per heavy atom. The van der Waals surface area contributed by atoms with Gasteiger partial charge >= 0.3 is 0 Å². The third kappa shape index (κ3) is 6.52. The molecule has 0 aliphatic carbocycles. The summed E-state index contributed by atoms with van der Waals surface area (Å²) in [5.41, 5.74) is 13.1. The van der Waals surface area contributed by atoms with Gasteiger partial charge in [-0.15, -0.1) is 0 Å². The van der Waals surface area contributed by atoms with Gasteiger partial charge in [0.15, 0.2) is 0 Å². The van der Waals surface area contributed by atoms with E-state index in [4.69, 9.17) is 23.7 Å². The fourth-order valence-electron chi connectivity index (χ4n) is 3.33. The Labute approximate surface area is 206 Å². The molecule has 0 fully saturated rings. The number of amides is 1. The van der Waals surface area contributed by atoms with E-state index in [1.807, 2.05) is 6.07 Å². The number of halogens is 1. The number of hydrogen-bond donors (Lipinski definition) is 4. The van der Waals surface area contributed by atoms with Gasteiger partial charge in [-0.2, -0.15) is 5.26 Å². The summed E-state index contributed by atoms with van der Waals surface area (Å²) in [6, 6.07) is 15.2. The Bertz CT molecular complexity index is 1390. The van der Waals surface area contributed by atoms with Crippen LogP contribution in [0.2, 0.25) is 0 Å². The van der Waals surface area contributed by atoms with Gasteiger partial charge in [0, 0.05) is 30.1 Å². The topological polar surface area (TPSA) is 139 Å². The minimum Gasteiger partial charge on any atom is -0.402 e. The average molecular weight is 491 g/mol. The van der Waals surface area contributed by atoms with Crippen molar-refractivity contribution < 1.29 is 9.18 Å². The van der Waals surface area contributed by atoms with E-state index in [1.165, 1.54) is 22.8 Å². The number of nitrogens with two attached hydrogens (primary N) is 2. The standard InChI is InChI=1S/C25H23FN6O2S/c1-15(28)10-23(35)31-20-13-21(19(26)12-17(20)14-27)30-22(25(29)34)11-16-5-7-18(8-6-16)32-9-3-2-4-24(32)33/h2-10,12-13,22,30H,11,28H2,1H3,(H2,29,34)(H,31,35). The third-order valence-electron chi connectivity index (χ3n) is 4.99. The van der Waals surface area contributed by atoms with E-state index in [9.17, 15) is 19.2 Å². The number of carbonyl (C=O) groups is 1. The molecule has 1 aromatic heterocycles. The molecule has 3 aromatic rings. The van der Waals surface area contributed by atoms with Crippen molar-refractivity contribution in [3.8, 4) is 11.8 Å². The van der Waals surface area contributed by atoms with Crippen LogP contribution in [0.3, 0.4) is 0 Å². The number of nitrogens with one attached hydrogen (secondary N) is 2. The van der Waals surface area contributed by atoms with Crippen LogP contribution >= 0.6 is 12.2 Å². The van der Waals surface area contributed by atoms with Gasteiger partial charge in [0.25, 0.3) is 5.56 Å². The van der Waals surface area contributed by atoms with Crippen molar-refractivity contribution in [1.29, 1.82) is 5.26 Å². The molecule has 1 unspecified atom stereocenters. The number of anilines is 2. The summed E-state index contributed by atoms with van der Waals surface area (Å²) in [6.07, 6.45) is 3.31. The summed E-state index contributed by atoms with van der Waals surface area (Å²) in [5, 5.41) is 15.0. The molecule has 0 aliphatic heterocycles. The highest BCUT2D eigenvalue weighted by Gasteiger charge is 2.19. The molecule has 35 heavy (non-hydrogen) atoms. The predicted molar refractivity (Wildman–Crippen MR) is 138 cm³/mol. The monoisotopic (exact) mass is 490 g/mol. The number of nitrogens with zero attached hydrogens (tertiary/aromatic N) is 2. The fraction of sp³-hybridized carbons (Fsp3) is 0.120. The lowest BCUT2D eigenvalue weighted by Gasteiger charge is -2.19. The minimum absolute atomic E-state index is 0.0286. The van der Waals surface area contributed by atoms with Crippen LogP contribution in [0.5, 0.6) is 0 Å². The first kappa shape index (κ1) is 25.1. The van der Waals surface area contributed by atoms with E-state index in [0.717, 1.165) is 11.6 Å². The Morgan fingerprint density at radius 2 is 1.91 bits per heavy atom. The molecule has 2 aromatic carbocycles. The molecule has 1 heterocycles. The smallest absolute Gasteiger partial charge is 0.255 e. The third-order valence-corrected chi connectivity index (χ3v) is 5.21. The summed E-state index contributed by atoms with van der Waals surface area (Å²) in [5.74, 6) is -1.42. The van der Waals surface area contributed by atoms with Crippen molar-refractivity contribution in [3.05, 3.63) is 99.9 Å². The summed E-state index contributed by atoms with van der Waals surface area (Å²) in [6.45, 7) is 1.65. The van der Waals surface area contributed by atoms with Gasteiger partial charge in [-0.25, -0.2) is 4.39 Å². The normalized spacial score (nSPS) is 11.9. The van der Waals surface area contributed by atoms with Gasteiger partial charge in [0.05, 0.1) is 16.9 Å². The number of nitriles is 1. The summed E-state index contributed by atoms with van der Waals surface area (Å²) in [4.78, 5) is 24.4. The molecule has 3 rings (SSSR count). The zero-order chi connectivity index (χ0) is 25.5. The van der Waals surface area contributed by atoms with Gasteiger partial charge in [-0.05, 0) is 48.9 Å². The first-order chi connectivity index (χ1) is 16.7. The van der Waals surface area contributed by atoms with Crippen molar-refractivity contribution in [3.63, 3.8) is 0 Å². The van der Waals surface area contributed by atoms with Crippen molar-refractivity contribution in [2.75, 3.05) is 10.6 Å². The number of thiocarbonyl (C=S) groups is 1. The molecule has 178 valence electrons. The van der Waals surface area contributed by atoms with Crippen LogP contribution in [-0.2, 0) is 11.2 Å². The number of pyridine rings is 1. The molecule has 0 saturated carbocycles. The highest BCUT2D eigenvalue weighted by atomic mass is 32.1. The Hall–Kier alpha value is -4.49. The van der Waals surface area contributed by atoms with Gasteiger partial charge in [0.2, 0.25) is 5.91 Å². The molecule has 10 heteroatoms. The summed E-state index contributed by atoms with van der Waals surface area (Å²) in [7, 11) is 0. The van der Waals surface area contributed by atoms with Gasteiger partial charge < -0.3 is 22.1 Å². The first-order valence-corrected chi connectivity index (χ1v) is 10.9.